The maximum absolute atomic E-state index is 12.8. The van der Waals surface area contributed by atoms with Crippen molar-refractivity contribution in [3.8, 4) is 0 Å². The molecule has 1 amide bonds. The number of methoxy groups -OCH3 is 1. The molecule has 5 heteroatoms. The number of carbonyl (C=O) groups is 2. The van der Waals surface area contributed by atoms with Crippen LogP contribution in [0, 0.1) is 0 Å². The lowest BCUT2D eigenvalue weighted by atomic mass is 10.1. The summed E-state index contributed by atoms with van der Waals surface area (Å²) in [7, 11) is 1.32. The summed E-state index contributed by atoms with van der Waals surface area (Å²) in [5.74, 6) is -0.658. The molecule has 1 atom stereocenters. The average molecular weight is 342 g/mol. The van der Waals surface area contributed by atoms with Crippen LogP contribution in [-0.4, -0.2) is 36.5 Å². The Morgan fingerprint density at radius 1 is 1.08 bits per heavy atom. The third kappa shape index (κ3) is 3.19. The van der Waals surface area contributed by atoms with E-state index in [1.165, 1.54) is 12.0 Å². The number of halogens is 1. The van der Waals surface area contributed by atoms with Gasteiger partial charge >= 0.3 is 5.97 Å². The largest absolute Gasteiger partial charge is 0.467 e. The quantitative estimate of drug-likeness (QED) is 0.804. The van der Waals surface area contributed by atoms with Gasteiger partial charge in [0.25, 0.3) is 5.91 Å². The zero-order valence-electron chi connectivity index (χ0n) is 13.1. The van der Waals surface area contributed by atoms with Crippen LogP contribution < -0.4 is 0 Å². The molecule has 122 valence electrons. The van der Waals surface area contributed by atoms with Gasteiger partial charge in [0.1, 0.15) is 6.04 Å². The summed E-state index contributed by atoms with van der Waals surface area (Å²) in [4.78, 5) is 26.4. The molecule has 0 bridgehead atoms. The maximum atomic E-state index is 12.8. The van der Waals surface area contributed by atoms with Crippen LogP contribution in [0.2, 0.25) is 5.02 Å². The number of ether oxygens (including phenoxy) is 1. The Hall–Kier alpha value is -2.59. The molecule has 0 aromatic heterocycles. The van der Waals surface area contributed by atoms with E-state index in [2.05, 4.69) is 0 Å². The van der Waals surface area contributed by atoms with Crippen LogP contribution in [0.1, 0.15) is 15.9 Å². The van der Waals surface area contributed by atoms with Gasteiger partial charge in [-0.15, -0.1) is 0 Å². The molecule has 0 saturated heterocycles. The van der Waals surface area contributed by atoms with Crippen LogP contribution in [0.4, 0.5) is 0 Å². The first-order valence-corrected chi connectivity index (χ1v) is 7.88. The van der Waals surface area contributed by atoms with Crippen molar-refractivity contribution >= 4 is 29.1 Å². The van der Waals surface area contributed by atoms with Crippen LogP contribution in [-0.2, 0) is 9.53 Å². The summed E-state index contributed by atoms with van der Waals surface area (Å²) >= 11 is 5.92. The minimum Gasteiger partial charge on any atom is -0.467 e. The second-order valence-corrected chi connectivity index (χ2v) is 5.90. The first kappa shape index (κ1) is 16.3. The number of esters is 1. The third-order valence-corrected chi connectivity index (χ3v) is 4.23. The summed E-state index contributed by atoms with van der Waals surface area (Å²) in [6, 6.07) is 15.5. The maximum Gasteiger partial charge on any atom is 0.332 e. The smallest absolute Gasteiger partial charge is 0.332 e. The van der Waals surface area contributed by atoms with E-state index in [1.807, 2.05) is 18.2 Å². The monoisotopic (exact) mass is 341 g/mol. The number of hydrogen-bond donors (Lipinski definition) is 0. The molecular weight excluding hydrogens is 326 g/mol. The second kappa shape index (κ2) is 6.89. The number of benzene rings is 2. The fraction of sp³-hybridized carbons (Fsp3) is 0.158. The first-order valence-electron chi connectivity index (χ1n) is 7.50. The van der Waals surface area contributed by atoms with Gasteiger partial charge in [-0.3, -0.25) is 4.79 Å². The summed E-state index contributed by atoms with van der Waals surface area (Å²) in [6.07, 6.45) is 1.77. The van der Waals surface area contributed by atoms with Gasteiger partial charge in [-0.25, -0.2) is 4.79 Å². The molecule has 0 fully saturated rings. The Balaban J connectivity index is 1.91. The van der Waals surface area contributed by atoms with E-state index in [9.17, 15) is 9.59 Å². The van der Waals surface area contributed by atoms with Crippen molar-refractivity contribution in [3.05, 3.63) is 76.8 Å². The molecule has 0 saturated carbocycles. The topological polar surface area (TPSA) is 46.6 Å². The van der Waals surface area contributed by atoms with Crippen molar-refractivity contribution in [1.29, 1.82) is 0 Å². The zero-order valence-corrected chi connectivity index (χ0v) is 13.9. The Morgan fingerprint density at radius 2 is 1.75 bits per heavy atom. The number of rotatable bonds is 3. The van der Waals surface area contributed by atoms with Gasteiger partial charge in [-0.1, -0.05) is 41.9 Å². The molecule has 0 N–H and O–H groups in total. The van der Waals surface area contributed by atoms with E-state index in [4.69, 9.17) is 16.3 Å². The van der Waals surface area contributed by atoms with Gasteiger partial charge in [-0.05, 0) is 41.5 Å². The molecule has 4 nitrogen and oxygen atoms in total. The number of hydrogen-bond acceptors (Lipinski definition) is 3. The van der Waals surface area contributed by atoms with Crippen molar-refractivity contribution in [1.82, 2.24) is 4.90 Å². The summed E-state index contributed by atoms with van der Waals surface area (Å²) < 4.78 is 4.86. The molecule has 24 heavy (non-hydrogen) atoms. The highest BCUT2D eigenvalue weighted by Gasteiger charge is 2.35. The molecule has 3 rings (SSSR count). The molecule has 0 unspecified atom stereocenters. The second-order valence-electron chi connectivity index (χ2n) is 5.47. The van der Waals surface area contributed by atoms with E-state index >= 15 is 0 Å². The lowest BCUT2D eigenvalue weighted by Gasteiger charge is -2.23. The number of carbonyl (C=O) groups excluding carboxylic acids is 2. The Kier molecular flexibility index (Phi) is 4.67. The van der Waals surface area contributed by atoms with Crippen LogP contribution >= 0.6 is 11.6 Å². The molecule has 0 radical (unpaired) electrons. The van der Waals surface area contributed by atoms with Gasteiger partial charge < -0.3 is 9.64 Å². The van der Waals surface area contributed by atoms with Crippen molar-refractivity contribution in [2.24, 2.45) is 0 Å². The number of nitrogens with zero attached hydrogens (tertiary/aromatic N) is 1. The molecule has 0 aliphatic carbocycles. The lowest BCUT2D eigenvalue weighted by Crippen LogP contribution is -2.41. The molecule has 2 aromatic rings. The normalized spacial score (nSPS) is 16.7. The van der Waals surface area contributed by atoms with E-state index in [-0.39, 0.29) is 5.91 Å². The van der Waals surface area contributed by atoms with Crippen molar-refractivity contribution in [2.75, 3.05) is 13.7 Å². The molecule has 1 heterocycles. The highest BCUT2D eigenvalue weighted by molar-refractivity contribution is 6.30. The van der Waals surface area contributed by atoms with Crippen LogP contribution in [0.3, 0.4) is 0 Å². The fourth-order valence-electron chi connectivity index (χ4n) is 2.73. The molecule has 0 spiro atoms. The van der Waals surface area contributed by atoms with E-state index in [0.29, 0.717) is 17.1 Å². The van der Waals surface area contributed by atoms with Crippen molar-refractivity contribution in [3.63, 3.8) is 0 Å². The van der Waals surface area contributed by atoms with E-state index < -0.39 is 12.0 Å². The van der Waals surface area contributed by atoms with Crippen LogP contribution in [0.5, 0.6) is 0 Å². The Morgan fingerprint density at radius 3 is 2.38 bits per heavy atom. The van der Waals surface area contributed by atoms with Crippen molar-refractivity contribution in [2.45, 2.75) is 6.04 Å². The standard InChI is InChI=1S/C19H16ClNO3/c1-24-19(23)17-11-15(13-7-9-16(20)10-8-13)12-21(17)18(22)14-5-3-2-4-6-14/h2-11,17H,12H2,1H3/t17-/m0/s1. The summed E-state index contributed by atoms with van der Waals surface area (Å²) in [5.41, 5.74) is 2.36. The van der Waals surface area contributed by atoms with E-state index in [1.54, 1.807) is 42.5 Å². The lowest BCUT2D eigenvalue weighted by molar-refractivity contribution is -0.143. The van der Waals surface area contributed by atoms with Crippen LogP contribution in [0.15, 0.2) is 60.7 Å². The fourth-order valence-corrected chi connectivity index (χ4v) is 2.85. The highest BCUT2D eigenvalue weighted by Crippen LogP contribution is 2.28. The zero-order chi connectivity index (χ0) is 17.1. The predicted molar refractivity (Wildman–Crippen MR) is 92.7 cm³/mol. The summed E-state index contributed by atoms with van der Waals surface area (Å²) in [5, 5.41) is 0.638. The Bertz CT molecular complexity index is 784. The van der Waals surface area contributed by atoms with Crippen LogP contribution in [0.25, 0.3) is 5.57 Å². The molecular formula is C19H16ClNO3. The molecule has 1 aliphatic rings. The predicted octanol–water partition coefficient (Wildman–Crippen LogP) is 3.42. The summed E-state index contributed by atoms with van der Waals surface area (Å²) in [6.45, 7) is 0.342. The minimum absolute atomic E-state index is 0.203. The highest BCUT2D eigenvalue weighted by atomic mass is 35.5. The van der Waals surface area contributed by atoms with Gasteiger partial charge in [0.2, 0.25) is 0 Å². The van der Waals surface area contributed by atoms with Gasteiger partial charge in [0.05, 0.1) is 7.11 Å². The SMILES string of the molecule is COC(=O)[C@@H]1C=C(c2ccc(Cl)cc2)CN1C(=O)c1ccccc1. The van der Waals surface area contributed by atoms with Crippen molar-refractivity contribution < 1.29 is 14.3 Å². The number of amides is 1. The van der Waals surface area contributed by atoms with Gasteiger partial charge in [-0.2, -0.15) is 0 Å². The van der Waals surface area contributed by atoms with E-state index in [0.717, 1.165) is 11.1 Å². The Labute approximate surface area is 145 Å². The van der Waals surface area contributed by atoms with Gasteiger partial charge in [0.15, 0.2) is 0 Å². The minimum atomic E-state index is -0.728. The average Bonchev–Trinajstić information content (AvgIpc) is 3.07. The molecule has 1 aliphatic heterocycles. The molecule has 2 aromatic carbocycles. The third-order valence-electron chi connectivity index (χ3n) is 3.97. The van der Waals surface area contributed by atoms with Gasteiger partial charge in [0, 0.05) is 17.1 Å². The first-order chi connectivity index (χ1) is 11.6.